The molecule has 154 valence electrons. The van der Waals surface area contributed by atoms with E-state index in [4.69, 9.17) is 4.99 Å². The van der Waals surface area contributed by atoms with Crippen molar-refractivity contribution in [3.8, 4) is 5.69 Å². The van der Waals surface area contributed by atoms with E-state index in [2.05, 4.69) is 38.6 Å². The number of hydrogen-bond donors (Lipinski definition) is 2. The molecule has 0 amide bonds. The molecule has 3 aromatic rings. The average molecular weight is 506 g/mol. The van der Waals surface area contributed by atoms with Crippen molar-refractivity contribution >= 4 is 29.9 Å². The molecule has 2 N–H and O–H groups in total. The van der Waals surface area contributed by atoms with E-state index in [1.54, 1.807) is 6.08 Å². The van der Waals surface area contributed by atoms with E-state index in [1.807, 2.05) is 60.6 Å². The number of rotatable bonds is 7. The maximum absolute atomic E-state index is 4.72. The summed E-state index contributed by atoms with van der Waals surface area (Å²) in [6.45, 7) is 9.32. The van der Waals surface area contributed by atoms with E-state index in [9.17, 15) is 0 Å². The number of nitrogens with zero attached hydrogens (tertiary/aromatic N) is 6. The summed E-state index contributed by atoms with van der Waals surface area (Å²) < 4.78 is 3.83. The van der Waals surface area contributed by atoms with Crippen LogP contribution in [0.1, 0.15) is 22.9 Å². The number of aliphatic imine (C=N–C) groups is 1. The summed E-state index contributed by atoms with van der Waals surface area (Å²) in [6, 6.07) is 10.1. The van der Waals surface area contributed by atoms with Gasteiger partial charge in [0.25, 0.3) is 0 Å². The highest BCUT2D eigenvalue weighted by Gasteiger charge is 2.08. The Labute approximate surface area is 188 Å². The quantitative estimate of drug-likeness (QED) is 0.223. The molecular weight excluding hydrogens is 479 g/mol. The lowest BCUT2D eigenvalue weighted by molar-refractivity contribution is 0.721. The second kappa shape index (κ2) is 10.7. The minimum atomic E-state index is 0. The van der Waals surface area contributed by atoms with Crippen molar-refractivity contribution in [3.05, 3.63) is 72.1 Å². The van der Waals surface area contributed by atoms with Gasteiger partial charge in [0.2, 0.25) is 0 Å². The van der Waals surface area contributed by atoms with Gasteiger partial charge in [0, 0.05) is 19.8 Å². The van der Waals surface area contributed by atoms with Crippen molar-refractivity contribution in [2.75, 3.05) is 6.54 Å². The van der Waals surface area contributed by atoms with Gasteiger partial charge in [0.15, 0.2) is 11.8 Å². The van der Waals surface area contributed by atoms with Crippen LogP contribution in [0.2, 0.25) is 0 Å². The summed E-state index contributed by atoms with van der Waals surface area (Å²) >= 11 is 0. The normalized spacial score (nSPS) is 11.1. The third kappa shape index (κ3) is 5.89. The highest BCUT2D eigenvalue weighted by molar-refractivity contribution is 14.0. The van der Waals surface area contributed by atoms with Gasteiger partial charge in [0.05, 0.1) is 24.5 Å². The smallest absolute Gasteiger partial charge is 0.192 e. The average Bonchev–Trinajstić information content (AvgIpc) is 3.27. The second-order valence-electron chi connectivity index (χ2n) is 6.44. The Bertz CT molecular complexity index is 973. The minimum Gasteiger partial charge on any atom is -0.353 e. The van der Waals surface area contributed by atoms with Crippen LogP contribution in [0.4, 0.5) is 0 Å². The molecule has 0 atom stereocenters. The Kier molecular flexibility index (Phi) is 8.37. The van der Waals surface area contributed by atoms with Crippen LogP contribution in [-0.4, -0.2) is 37.0 Å². The van der Waals surface area contributed by atoms with E-state index >= 15 is 0 Å². The first kappa shape index (κ1) is 22.6. The van der Waals surface area contributed by atoms with Crippen molar-refractivity contribution in [3.63, 3.8) is 0 Å². The van der Waals surface area contributed by atoms with Gasteiger partial charge in [-0.05, 0) is 31.5 Å². The maximum atomic E-state index is 4.72. The van der Waals surface area contributed by atoms with Gasteiger partial charge in [0.1, 0.15) is 5.82 Å². The zero-order valence-electron chi connectivity index (χ0n) is 17.0. The largest absolute Gasteiger partial charge is 0.353 e. The van der Waals surface area contributed by atoms with Gasteiger partial charge in [-0.2, -0.15) is 5.10 Å². The lowest BCUT2D eigenvalue weighted by Gasteiger charge is -2.12. The molecular formula is C20H27IN8. The molecule has 0 spiro atoms. The molecule has 3 rings (SSSR count). The van der Waals surface area contributed by atoms with E-state index in [1.165, 1.54) is 0 Å². The Balaban J connectivity index is 0.00000300. The Morgan fingerprint density at radius 1 is 1.17 bits per heavy atom. The molecule has 2 heterocycles. The van der Waals surface area contributed by atoms with Crippen LogP contribution >= 0.6 is 24.0 Å². The van der Waals surface area contributed by atoms with Crippen molar-refractivity contribution in [1.82, 2.24) is 35.2 Å². The van der Waals surface area contributed by atoms with Gasteiger partial charge in [-0.15, -0.1) is 40.8 Å². The van der Waals surface area contributed by atoms with Gasteiger partial charge in [-0.1, -0.05) is 24.3 Å². The summed E-state index contributed by atoms with van der Waals surface area (Å²) in [5.74, 6) is 2.41. The van der Waals surface area contributed by atoms with E-state index in [0.29, 0.717) is 25.6 Å². The van der Waals surface area contributed by atoms with Crippen LogP contribution < -0.4 is 10.6 Å². The molecule has 0 saturated carbocycles. The number of benzene rings is 1. The second-order valence-corrected chi connectivity index (χ2v) is 6.44. The molecule has 8 nitrogen and oxygen atoms in total. The van der Waals surface area contributed by atoms with E-state index < -0.39 is 0 Å². The zero-order valence-corrected chi connectivity index (χ0v) is 19.3. The van der Waals surface area contributed by atoms with Gasteiger partial charge in [-0.3, -0.25) is 0 Å². The fraction of sp³-hybridized carbons (Fsp3) is 0.300. The summed E-state index contributed by atoms with van der Waals surface area (Å²) in [6.07, 6.45) is 3.76. The van der Waals surface area contributed by atoms with E-state index in [0.717, 1.165) is 28.6 Å². The van der Waals surface area contributed by atoms with Crippen LogP contribution in [0.25, 0.3) is 5.69 Å². The Morgan fingerprint density at radius 3 is 2.62 bits per heavy atom. The van der Waals surface area contributed by atoms with Crippen molar-refractivity contribution in [2.24, 2.45) is 12.0 Å². The summed E-state index contributed by atoms with van der Waals surface area (Å²) in [5.41, 5.74) is 3.08. The predicted molar refractivity (Wildman–Crippen MR) is 126 cm³/mol. The van der Waals surface area contributed by atoms with Crippen molar-refractivity contribution < 1.29 is 0 Å². The minimum absolute atomic E-state index is 0. The van der Waals surface area contributed by atoms with Crippen molar-refractivity contribution in [1.29, 1.82) is 0 Å². The van der Waals surface area contributed by atoms with Crippen LogP contribution in [0, 0.1) is 13.8 Å². The standard InChI is InChI=1S/C20H26N8.HI/c1-5-11-21-20(23-14-19-25-24-16(3)27(19)4)22-13-17-8-6-7-9-18(17)28-12-10-15(2)26-28;/h5-10,12H,1,11,13-14H2,2-4H3,(H2,21,22,23);1H. The molecule has 1 aromatic carbocycles. The maximum Gasteiger partial charge on any atom is 0.192 e. The summed E-state index contributed by atoms with van der Waals surface area (Å²) in [7, 11) is 1.95. The van der Waals surface area contributed by atoms with Crippen LogP contribution in [0.3, 0.4) is 0 Å². The molecule has 0 unspecified atom stereocenters. The molecule has 9 heteroatoms. The first-order chi connectivity index (χ1) is 13.6. The molecule has 0 radical (unpaired) electrons. The molecule has 0 saturated heterocycles. The van der Waals surface area contributed by atoms with Crippen LogP contribution in [0.15, 0.2) is 54.2 Å². The van der Waals surface area contributed by atoms with Gasteiger partial charge < -0.3 is 15.2 Å². The molecule has 0 fully saturated rings. The van der Waals surface area contributed by atoms with Crippen molar-refractivity contribution in [2.45, 2.75) is 26.9 Å². The fourth-order valence-corrected chi connectivity index (χ4v) is 2.69. The third-order valence-electron chi connectivity index (χ3n) is 4.38. The van der Waals surface area contributed by atoms with Crippen LogP contribution in [0.5, 0.6) is 0 Å². The molecule has 0 aliphatic heterocycles. The number of guanidine groups is 1. The fourth-order valence-electron chi connectivity index (χ4n) is 2.69. The first-order valence-corrected chi connectivity index (χ1v) is 9.17. The highest BCUT2D eigenvalue weighted by Crippen LogP contribution is 2.15. The predicted octanol–water partition coefficient (Wildman–Crippen LogP) is 2.66. The number of hydrogen-bond acceptors (Lipinski definition) is 4. The lowest BCUT2D eigenvalue weighted by Crippen LogP contribution is -2.37. The number of aromatic nitrogens is 5. The Hall–Kier alpha value is -2.69. The van der Waals surface area contributed by atoms with Gasteiger partial charge >= 0.3 is 0 Å². The number of para-hydroxylation sites is 1. The SMILES string of the molecule is C=CCNC(=NCc1ccccc1-n1ccc(C)n1)NCc1nnc(C)n1C.I. The van der Waals surface area contributed by atoms with Crippen LogP contribution in [-0.2, 0) is 20.1 Å². The highest BCUT2D eigenvalue weighted by atomic mass is 127. The third-order valence-corrected chi connectivity index (χ3v) is 4.38. The molecule has 2 aromatic heterocycles. The van der Waals surface area contributed by atoms with Gasteiger partial charge in [-0.25, -0.2) is 9.67 Å². The number of nitrogens with one attached hydrogen (secondary N) is 2. The topological polar surface area (TPSA) is 84.9 Å². The molecule has 29 heavy (non-hydrogen) atoms. The number of aryl methyl sites for hydroxylation is 2. The van der Waals surface area contributed by atoms with E-state index in [-0.39, 0.29) is 24.0 Å². The zero-order chi connectivity index (χ0) is 19.9. The summed E-state index contributed by atoms with van der Waals surface area (Å²) in [4.78, 5) is 4.72. The summed E-state index contributed by atoms with van der Waals surface area (Å²) in [5, 5.41) is 19.3. The molecule has 0 bridgehead atoms. The molecule has 0 aliphatic carbocycles. The molecule has 0 aliphatic rings. The Morgan fingerprint density at radius 2 is 1.97 bits per heavy atom. The monoisotopic (exact) mass is 506 g/mol. The number of halogens is 1. The first-order valence-electron chi connectivity index (χ1n) is 9.17. The lowest BCUT2D eigenvalue weighted by atomic mass is 10.2.